The number of ether oxygens (including phenoxy) is 2. The maximum absolute atomic E-state index is 14.2. The molecule has 0 radical (unpaired) electrons. The minimum atomic E-state index is -0.846. The number of hydrogen-bond donors (Lipinski definition) is 1. The maximum atomic E-state index is 14.2. The van der Waals surface area contributed by atoms with Gasteiger partial charge in [-0.3, -0.25) is 0 Å². The molecule has 37 heavy (non-hydrogen) atoms. The smallest absolute Gasteiger partial charge is 0.336 e. The Balaban J connectivity index is 1.78. The van der Waals surface area contributed by atoms with Crippen molar-refractivity contribution in [2.75, 3.05) is 27.3 Å². The van der Waals surface area contributed by atoms with Crippen LogP contribution < -0.4 is 5.32 Å². The van der Waals surface area contributed by atoms with E-state index in [0.29, 0.717) is 30.0 Å². The van der Waals surface area contributed by atoms with Crippen LogP contribution >= 0.6 is 0 Å². The van der Waals surface area contributed by atoms with Gasteiger partial charge in [0.1, 0.15) is 11.6 Å². The van der Waals surface area contributed by atoms with E-state index in [0.717, 1.165) is 5.56 Å². The predicted molar refractivity (Wildman–Crippen MR) is 137 cm³/mol. The van der Waals surface area contributed by atoms with Gasteiger partial charge in [-0.15, -0.1) is 0 Å². The first kappa shape index (κ1) is 28.1. The molecule has 0 aliphatic carbocycles. The molecule has 2 aromatic rings. The molecule has 1 heterocycles. The molecule has 1 aliphatic heterocycles. The molecule has 0 saturated heterocycles. The molecule has 0 amide bonds. The molecular weight excluding hydrogens is 478 g/mol. The molecule has 6 nitrogen and oxygen atoms in total. The Bertz CT molecular complexity index is 1220. The molecule has 1 unspecified atom stereocenters. The largest absolute Gasteiger partial charge is 0.466 e. The molecule has 0 bridgehead atoms. The zero-order valence-corrected chi connectivity index (χ0v) is 22.2. The van der Waals surface area contributed by atoms with E-state index in [1.807, 2.05) is 20.9 Å². The molecular formula is C29H34F2N2O4. The van der Waals surface area contributed by atoms with Gasteiger partial charge < -0.3 is 19.7 Å². The Morgan fingerprint density at radius 1 is 0.973 bits per heavy atom. The van der Waals surface area contributed by atoms with Gasteiger partial charge in [0.05, 0.1) is 30.8 Å². The summed E-state index contributed by atoms with van der Waals surface area (Å²) in [5.74, 6) is -2.81. The van der Waals surface area contributed by atoms with E-state index in [1.54, 1.807) is 32.0 Å². The fourth-order valence-corrected chi connectivity index (χ4v) is 4.74. The molecule has 1 N–H and O–H groups in total. The van der Waals surface area contributed by atoms with Crippen molar-refractivity contribution in [3.05, 3.63) is 93.8 Å². The monoisotopic (exact) mass is 512 g/mol. The van der Waals surface area contributed by atoms with E-state index >= 15 is 0 Å². The minimum Gasteiger partial charge on any atom is -0.466 e. The normalized spacial score (nSPS) is 16.1. The van der Waals surface area contributed by atoms with Crippen LogP contribution in [0.25, 0.3) is 0 Å². The van der Waals surface area contributed by atoms with Crippen LogP contribution in [0.4, 0.5) is 8.78 Å². The summed E-state index contributed by atoms with van der Waals surface area (Å²) in [6.07, 6.45) is 0. The van der Waals surface area contributed by atoms with Gasteiger partial charge in [-0.2, -0.15) is 0 Å². The maximum Gasteiger partial charge on any atom is 0.336 e. The van der Waals surface area contributed by atoms with Gasteiger partial charge in [-0.1, -0.05) is 38.1 Å². The van der Waals surface area contributed by atoms with Crippen LogP contribution in [0.15, 0.2) is 71.1 Å². The van der Waals surface area contributed by atoms with E-state index in [-0.39, 0.29) is 23.6 Å². The topological polar surface area (TPSA) is 67.9 Å². The average molecular weight is 513 g/mol. The number of carbonyl (C=O) groups excluding carboxylic acids is 2. The third kappa shape index (κ3) is 7.04. The third-order valence-electron chi connectivity index (χ3n) is 6.23. The highest BCUT2D eigenvalue weighted by Crippen LogP contribution is 2.39. The van der Waals surface area contributed by atoms with Crippen molar-refractivity contribution < 1.29 is 27.8 Å². The molecule has 0 spiro atoms. The number of rotatable bonds is 9. The van der Waals surface area contributed by atoms with Crippen LogP contribution in [0.5, 0.6) is 0 Å². The number of halogens is 2. The Labute approximate surface area is 216 Å². The van der Waals surface area contributed by atoms with E-state index < -0.39 is 29.1 Å². The van der Waals surface area contributed by atoms with Crippen LogP contribution in [0, 0.1) is 17.0 Å². The number of methoxy groups -OCH3 is 1. The summed E-state index contributed by atoms with van der Waals surface area (Å²) in [6, 6.07) is 12.2. The van der Waals surface area contributed by atoms with Crippen molar-refractivity contribution in [2.24, 2.45) is 5.41 Å². The van der Waals surface area contributed by atoms with Gasteiger partial charge in [0, 0.05) is 29.9 Å². The minimum absolute atomic E-state index is 0.114. The van der Waals surface area contributed by atoms with Crippen LogP contribution in [-0.4, -0.2) is 44.1 Å². The van der Waals surface area contributed by atoms with E-state index in [2.05, 4.69) is 10.2 Å². The van der Waals surface area contributed by atoms with E-state index in [1.165, 1.54) is 37.4 Å². The zero-order valence-electron chi connectivity index (χ0n) is 22.2. The highest BCUT2D eigenvalue weighted by Gasteiger charge is 2.38. The van der Waals surface area contributed by atoms with Gasteiger partial charge in [0.25, 0.3) is 0 Å². The summed E-state index contributed by atoms with van der Waals surface area (Å²) in [4.78, 5) is 28.2. The first-order chi connectivity index (χ1) is 17.4. The first-order valence-electron chi connectivity index (χ1n) is 12.0. The van der Waals surface area contributed by atoms with Crippen molar-refractivity contribution >= 4 is 11.9 Å². The molecule has 3 rings (SSSR count). The van der Waals surface area contributed by atoms with Gasteiger partial charge in [-0.05, 0) is 56.3 Å². The second kappa shape index (κ2) is 11.7. The number of dihydropyridines is 1. The summed E-state index contributed by atoms with van der Waals surface area (Å²) >= 11 is 0. The summed E-state index contributed by atoms with van der Waals surface area (Å²) < 4.78 is 38.1. The van der Waals surface area contributed by atoms with Gasteiger partial charge in [0.15, 0.2) is 0 Å². The Morgan fingerprint density at radius 3 is 2.19 bits per heavy atom. The zero-order chi connectivity index (χ0) is 27.3. The quantitative estimate of drug-likeness (QED) is 0.473. The molecule has 2 aromatic carbocycles. The summed E-state index contributed by atoms with van der Waals surface area (Å²) in [5.41, 5.74) is 2.52. The molecule has 0 fully saturated rings. The molecule has 198 valence electrons. The fraction of sp³-hybridized carbons (Fsp3) is 0.379. The van der Waals surface area contributed by atoms with Crippen LogP contribution in [-0.2, 0) is 25.6 Å². The van der Waals surface area contributed by atoms with Crippen LogP contribution in [0.2, 0.25) is 0 Å². The number of hydrogen-bond acceptors (Lipinski definition) is 6. The van der Waals surface area contributed by atoms with Gasteiger partial charge >= 0.3 is 11.9 Å². The molecule has 0 saturated carbocycles. The lowest BCUT2D eigenvalue weighted by atomic mass is 9.80. The number of benzene rings is 2. The van der Waals surface area contributed by atoms with E-state index in [4.69, 9.17) is 9.47 Å². The molecule has 1 atom stereocenters. The Hall–Kier alpha value is -3.52. The summed E-state index contributed by atoms with van der Waals surface area (Å²) in [5, 5.41) is 3.08. The lowest BCUT2D eigenvalue weighted by molar-refractivity contribution is -0.142. The highest BCUT2D eigenvalue weighted by molar-refractivity contribution is 5.99. The number of allylic oxidation sites excluding steroid dienone is 2. The van der Waals surface area contributed by atoms with Gasteiger partial charge in [-0.25, -0.2) is 18.4 Å². The lowest BCUT2D eigenvalue weighted by Gasteiger charge is -2.32. The van der Waals surface area contributed by atoms with Gasteiger partial charge in [0.2, 0.25) is 0 Å². The predicted octanol–water partition coefficient (Wildman–Crippen LogP) is 5.07. The van der Waals surface area contributed by atoms with Crippen molar-refractivity contribution in [3.63, 3.8) is 0 Å². The summed E-state index contributed by atoms with van der Waals surface area (Å²) in [7, 11) is 3.21. The second-order valence-electron chi connectivity index (χ2n) is 10.2. The van der Waals surface area contributed by atoms with Crippen molar-refractivity contribution in [2.45, 2.75) is 40.2 Å². The summed E-state index contributed by atoms with van der Waals surface area (Å²) in [6.45, 7) is 8.73. The van der Waals surface area contributed by atoms with Crippen LogP contribution in [0.3, 0.4) is 0 Å². The average Bonchev–Trinajstić information content (AvgIpc) is 2.83. The number of carbonyl (C=O) groups is 2. The molecule has 1 aliphatic rings. The third-order valence-corrected chi connectivity index (χ3v) is 6.23. The standard InChI is InChI=1S/C29H34F2N2O4/c1-18-24(27(34)36-6)26(21-8-7-9-23(31)14-21)25(19(2)32-18)28(35)37-17-29(3,4)16-33(5)15-20-10-12-22(30)13-11-20/h7-14,26,32H,15-17H2,1-6H3. The lowest BCUT2D eigenvalue weighted by Crippen LogP contribution is -2.37. The fourth-order valence-electron chi connectivity index (χ4n) is 4.74. The first-order valence-corrected chi connectivity index (χ1v) is 12.0. The number of nitrogens with one attached hydrogen (secondary N) is 1. The van der Waals surface area contributed by atoms with Crippen molar-refractivity contribution in [1.29, 1.82) is 0 Å². The van der Waals surface area contributed by atoms with E-state index in [9.17, 15) is 18.4 Å². The highest BCUT2D eigenvalue weighted by atomic mass is 19.1. The Morgan fingerprint density at radius 2 is 1.59 bits per heavy atom. The number of esters is 2. The SMILES string of the molecule is COC(=O)C1=C(C)NC(C)=C(C(=O)OCC(C)(C)CN(C)Cc2ccc(F)cc2)C1c1cccc(F)c1. The van der Waals surface area contributed by atoms with Crippen molar-refractivity contribution in [3.8, 4) is 0 Å². The van der Waals surface area contributed by atoms with Crippen molar-refractivity contribution in [1.82, 2.24) is 10.2 Å². The second-order valence-corrected chi connectivity index (χ2v) is 10.2. The molecule has 0 aromatic heterocycles. The molecule has 8 heteroatoms. The number of nitrogens with zero attached hydrogens (tertiary/aromatic N) is 1. The van der Waals surface area contributed by atoms with Crippen LogP contribution in [0.1, 0.15) is 44.7 Å². The Kier molecular flexibility index (Phi) is 8.86.